The van der Waals surface area contributed by atoms with E-state index in [0.717, 1.165) is 50.3 Å². The zero-order chi connectivity index (χ0) is 64.7. The van der Waals surface area contributed by atoms with Crippen LogP contribution in [0.4, 0.5) is 27.1 Å². The fraction of sp³-hybridized carbons (Fsp3) is 0.141. The predicted molar refractivity (Wildman–Crippen MR) is 363 cm³/mol. The topological polar surface area (TPSA) is 152 Å². The second-order valence-corrected chi connectivity index (χ2v) is 23.2. The van der Waals surface area contributed by atoms with Crippen LogP contribution in [0.1, 0.15) is 108 Å². The fourth-order valence-corrected chi connectivity index (χ4v) is 12.6. The van der Waals surface area contributed by atoms with Gasteiger partial charge in [-0.3, -0.25) is 14.4 Å². The molecule has 0 saturated carbocycles. The summed E-state index contributed by atoms with van der Waals surface area (Å²) in [5.41, 5.74) is 18.6. The highest BCUT2D eigenvalue weighted by molar-refractivity contribution is 6.36. The van der Waals surface area contributed by atoms with Crippen molar-refractivity contribution in [1.82, 2.24) is 4.48 Å². The van der Waals surface area contributed by atoms with Crippen LogP contribution in [0.15, 0.2) is 241 Å². The summed E-state index contributed by atoms with van der Waals surface area (Å²) >= 11 is 0. The number of para-hydroxylation sites is 2. The minimum atomic E-state index is -2.40. The Morgan fingerprint density at radius 1 is 0.598 bits per heavy atom. The zero-order valence-corrected chi connectivity index (χ0v) is 52.6. The molecule has 1 aliphatic heterocycles. The summed E-state index contributed by atoms with van der Waals surface area (Å²) in [4.78, 5) is 74.0. The Labute approximate surface area is 535 Å². The van der Waals surface area contributed by atoms with Crippen LogP contribution in [-0.2, 0) is 38.7 Å². The summed E-state index contributed by atoms with van der Waals surface area (Å²) in [6.45, 7) is 14.8. The van der Waals surface area contributed by atoms with Gasteiger partial charge < -0.3 is 33.6 Å². The van der Waals surface area contributed by atoms with Crippen molar-refractivity contribution in [2.45, 2.75) is 74.0 Å². The molecule has 10 aromatic rings. The van der Waals surface area contributed by atoms with Crippen LogP contribution < -0.4 is 20.3 Å². The maximum Gasteiger partial charge on any atom is 0.340 e. The van der Waals surface area contributed by atoms with Crippen LogP contribution in [-0.4, -0.2) is 41.9 Å². The standard InChI is InChI=1S/C78H69BFN4O8/c1-48(2)68(77(88)90-46-55-22-12-8-13-23-55)51(5)73(81)72(74-52(6)70(53(7)84(74)79-80)78(89)91-47-56-24-14-9-15-25-56)69-49(3)44-62(45-50(69)4)92-67(85)33-20-26-54-34-38-61(39-35-54)83-75(86)65-32-21-31-64-63(42-43-66(71(64)65)76(83)87)57-36-40-60(41-37-57)82(58-27-16-10-17-28-58)59-29-18-11-19-30-59/h8-19,21-25,27-32,34-45H,1,20,26,33,46-47,79,81H2,2-7H3/q-1/p+1. The van der Waals surface area contributed by atoms with Gasteiger partial charge in [-0.1, -0.05) is 146 Å². The van der Waals surface area contributed by atoms with Crippen molar-refractivity contribution in [3.63, 3.8) is 0 Å². The fourth-order valence-electron chi connectivity index (χ4n) is 12.6. The molecule has 0 spiro atoms. The van der Waals surface area contributed by atoms with E-state index in [-0.39, 0.29) is 30.8 Å². The van der Waals surface area contributed by atoms with Crippen molar-refractivity contribution in [1.29, 1.82) is 0 Å². The van der Waals surface area contributed by atoms with Crippen LogP contribution in [0.5, 0.6) is 5.75 Å². The molecule has 460 valence electrons. The lowest BCUT2D eigenvalue weighted by Crippen LogP contribution is -2.49. The molecule has 3 N–H and O–H groups in total. The number of esters is 3. The zero-order valence-electron chi connectivity index (χ0n) is 52.6. The maximum absolute atomic E-state index is 15.8. The third-order valence-electron chi connectivity index (χ3n) is 17.1. The lowest BCUT2D eigenvalue weighted by atomic mass is 9.87. The molecule has 0 fully saturated rings. The first-order chi connectivity index (χ1) is 44.5. The molecule has 0 saturated heterocycles. The molecule has 0 bridgehead atoms. The quantitative estimate of drug-likeness (QED) is 0.0185. The van der Waals surface area contributed by atoms with Crippen molar-refractivity contribution < 1.29 is 48.2 Å². The number of anilines is 4. The summed E-state index contributed by atoms with van der Waals surface area (Å²) in [5.74, 6) is -2.22. The predicted octanol–water partition coefficient (Wildman–Crippen LogP) is 15.6. The third kappa shape index (κ3) is 12.8. The van der Waals surface area contributed by atoms with Crippen molar-refractivity contribution in [2.24, 2.45) is 0 Å². The Kier molecular flexibility index (Phi) is 18.7. The Hall–Kier alpha value is -11.0. The van der Waals surface area contributed by atoms with Crippen LogP contribution >= 0.6 is 0 Å². The van der Waals surface area contributed by atoms with Crippen molar-refractivity contribution in [3.05, 3.63) is 308 Å². The van der Waals surface area contributed by atoms with Gasteiger partial charge in [-0.25, -0.2) is 14.5 Å². The van der Waals surface area contributed by atoms with Gasteiger partial charge in [-0.2, -0.15) is 0 Å². The number of hydrogen-bond acceptors (Lipinski definition) is 9. The highest BCUT2D eigenvalue weighted by Gasteiger charge is 2.35. The normalized spacial score (nSPS) is 12.5. The Morgan fingerprint density at radius 3 is 1.70 bits per heavy atom. The van der Waals surface area contributed by atoms with Crippen LogP contribution in [0.3, 0.4) is 0 Å². The Bertz CT molecular complexity index is 4480. The molecule has 12 nitrogen and oxygen atoms in total. The minimum Gasteiger partial charge on any atom is -0.497 e. The van der Waals surface area contributed by atoms with E-state index < -0.39 is 37.4 Å². The second kappa shape index (κ2) is 27.4. The number of rotatable bonds is 21. The lowest BCUT2D eigenvalue weighted by molar-refractivity contribution is -0.296. The van der Waals surface area contributed by atoms with E-state index in [4.69, 9.17) is 14.2 Å². The number of carbonyl (C=O) groups is 5. The van der Waals surface area contributed by atoms with Gasteiger partial charge in [-0.05, 0) is 194 Å². The summed E-state index contributed by atoms with van der Waals surface area (Å²) in [5, 5.41) is 1.43. The average molecular weight is 1220 g/mol. The first-order valence-electron chi connectivity index (χ1n) is 30.7. The molecule has 11 rings (SSSR count). The molecule has 0 radical (unpaired) electrons. The molecule has 2 amide bonds. The highest BCUT2D eigenvalue weighted by atomic mass is 19.1. The number of aromatic nitrogens is 1. The van der Waals surface area contributed by atoms with Crippen LogP contribution in [0, 0.1) is 27.7 Å². The van der Waals surface area contributed by atoms with E-state index >= 15 is 4.32 Å². The molecule has 0 aliphatic carbocycles. The first-order valence-corrected chi connectivity index (χ1v) is 30.7. The smallest absolute Gasteiger partial charge is 0.340 e. The SMILES string of the molecule is C=C(C)C(C(=O)OCc1ccccc1)=C(C)C([NH3+])=C(c1c(C)cc(OC(=O)CCCc2ccc(N3C(=O)c4cccc5c(-c6ccc(N(c7ccccc7)c7ccccc7)cc6)ccc(c45)C3=O)cc2)cc1C)c1c(C)c(C(=O)OCc2ccccc2)c(C)n1[BH2-]F. The van der Waals surface area contributed by atoms with Gasteiger partial charge in [0.1, 0.15) is 24.7 Å². The Balaban J connectivity index is 0.800. The number of carbonyl (C=O) groups excluding carboxylic acids is 5. The second-order valence-electron chi connectivity index (χ2n) is 23.2. The molecule has 1 aliphatic rings. The van der Waals surface area contributed by atoms with Gasteiger partial charge in [0, 0.05) is 51.3 Å². The summed E-state index contributed by atoms with van der Waals surface area (Å²) in [7, 11) is -2.40. The number of amides is 2. The van der Waals surface area contributed by atoms with E-state index in [1.54, 1.807) is 58.0 Å². The van der Waals surface area contributed by atoms with Gasteiger partial charge >= 0.3 is 17.9 Å². The monoisotopic (exact) mass is 1220 g/mol. The largest absolute Gasteiger partial charge is 0.497 e. The van der Waals surface area contributed by atoms with Crippen LogP contribution in [0.25, 0.3) is 27.5 Å². The molecule has 9 aromatic carbocycles. The van der Waals surface area contributed by atoms with E-state index in [1.807, 2.05) is 147 Å². The molecule has 14 heteroatoms. The number of aryl methyl sites for hydroxylation is 3. The number of benzene rings is 9. The number of halogens is 1. The number of imide groups is 1. The molecule has 0 atom stereocenters. The van der Waals surface area contributed by atoms with Gasteiger partial charge in [0.15, 0.2) is 0 Å². The first kappa shape index (κ1) is 62.6. The summed E-state index contributed by atoms with van der Waals surface area (Å²) in [6, 6.07) is 67.4. The van der Waals surface area contributed by atoms with Gasteiger partial charge in [0.2, 0.25) is 7.69 Å². The van der Waals surface area contributed by atoms with Crippen molar-refractivity contribution in [3.8, 4) is 16.9 Å². The molecule has 2 heterocycles. The molecule has 1 aromatic heterocycles. The lowest BCUT2D eigenvalue weighted by Gasteiger charge is -2.28. The molecular weight excluding hydrogens is 1150 g/mol. The molecule has 0 unspecified atom stereocenters. The van der Waals surface area contributed by atoms with Crippen LogP contribution in [0.2, 0.25) is 0 Å². The number of nitrogens with zero attached hydrogens (tertiary/aromatic N) is 3. The van der Waals surface area contributed by atoms with E-state index in [0.29, 0.717) is 96.8 Å². The highest BCUT2D eigenvalue weighted by Crippen LogP contribution is 2.42. The van der Waals surface area contributed by atoms with Gasteiger partial charge in [0.05, 0.1) is 22.4 Å². The summed E-state index contributed by atoms with van der Waals surface area (Å²) < 4.78 is 35.1. The molecule has 92 heavy (non-hydrogen) atoms. The number of quaternary nitrogens is 1. The number of hydrogen-bond donors (Lipinski definition) is 1. The Morgan fingerprint density at radius 2 is 1.13 bits per heavy atom. The van der Waals surface area contributed by atoms with Crippen molar-refractivity contribution in [2.75, 3.05) is 9.80 Å². The number of allylic oxidation sites excluding steroid dienone is 1. The van der Waals surface area contributed by atoms with Gasteiger partial charge in [-0.15, -0.1) is 0 Å². The third-order valence-corrected chi connectivity index (χ3v) is 17.1. The maximum atomic E-state index is 15.8. The average Bonchev–Trinajstić information content (AvgIpc) is 0.899. The van der Waals surface area contributed by atoms with E-state index in [9.17, 15) is 24.0 Å². The van der Waals surface area contributed by atoms with Gasteiger partial charge in [0.25, 0.3) is 11.8 Å². The minimum absolute atomic E-state index is 0.0140. The molecular formula is C78H70BFN4O8. The summed E-state index contributed by atoms with van der Waals surface area (Å²) in [6.07, 6.45) is 1.03. The van der Waals surface area contributed by atoms with E-state index in [2.05, 4.69) is 65.7 Å². The number of ether oxygens (including phenoxy) is 3. The van der Waals surface area contributed by atoms with Crippen molar-refractivity contribution >= 4 is 76.5 Å². The van der Waals surface area contributed by atoms with E-state index in [1.165, 1.54) is 9.38 Å².